The van der Waals surface area contributed by atoms with Crippen molar-refractivity contribution in [3.05, 3.63) is 66.0 Å². The smallest absolute Gasteiger partial charge is 0.317 e. The number of carbonyl (C=O) groups excluding carboxylic acids is 2. The van der Waals surface area contributed by atoms with E-state index >= 15 is 0 Å². The van der Waals surface area contributed by atoms with E-state index in [0.717, 1.165) is 12.0 Å². The highest BCUT2D eigenvalue weighted by atomic mass is 16.2. The van der Waals surface area contributed by atoms with Gasteiger partial charge in [-0.15, -0.1) is 0 Å². The number of pyridine rings is 1. The highest BCUT2D eigenvalue weighted by Crippen LogP contribution is 2.09. The molecule has 0 atom stereocenters. The van der Waals surface area contributed by atoms with Gasteiger partial charge in [-0.25, -0.2) is 4.79 Å². The molecule has 130 valence electrons. The Morgan fingerprint density at radius 3 is 2.48 bits per heavy atom. The molecule has 0 aliphatic carbocycles. The number of hydrogen-bond donors (Lipinski definition) is 1. The molecule has 2 aromatic rings. The molecule has 1 aromatic heterocycles. The minimum atomic E-state index is -0.0838. The minimum Gasteiger partial charge on any atom is -0.337 e. The van der Waals surface area contributed by atoms with E-state index in [2.05, 4.69) is 10.3 Å². The average Bonchev–Trinajstić information content (AvgIpc) is 2.93. The lowest BCUT2D eigenvalue weighted by molar-refractivity contribution is 0.0762. The predicted molar refractivity (Wildman–Crippen MR) is 95.0 cm³/mol. The van der Waals surface area contributed by atoms with Crippen molar-refractivity contribution in [3.8, 4) is 0 Å². The van der Waals surface area contributed by atoms with Crippen molar-refractivity contribution < 1.29 is 9.59 Å². The van der Waals surface area contributed by atoms with Crippen LogP contribution in [0, 0.1) is 0 Å². The molecule has 0 saturated carbocycles. The second-order valence-electron chi connectivity index (χ2n) is 6.02. The van der Waals surface area contributed by atoms with Crippen LogP contribution in [-0.2, 0) is 6.54 Å². The fourth-order valence-corrected chi connectivity index (χ4v) is 2.88. The second kappa shape index (κ2) is 8.28. The van der Waals surface area contributed by atoms with Crippen LogP contribution in [-0.4, -0.2) is 52.9 Å². The molecule has 0 spiro atoms. The van der Waals surface area contributed by atoms with Crippen LogP contribution in [0.15, 0.2) is 54.9 Å². The molecule has 3 amide bonds. The summed E-state index contributed by atoms with van der Waals surface area (Å²) in [5.41, 5.74) is 1.66. The molecule has 25 heavy (non-hydrogen) atoms. The maximum atomic E-state index is 12.5. The first-order valence-corrected chi connectivity index (χ1v) is 8.50. The van der Waals surface area contributed by atoms with Crippen LogP contribution in [0.3, 0.4) is 0 Å². The summed E-state index contributed by atoms with van der Waals surface area (Å²) in [6.45, 7) is 2.88. The number of aromatic nitrogens is 1. The highest BCUT2D eigenvalue weighted by Gasteiger charge is 2.22. The zero-order valence-corrected chi connectivity index (χ0v) is 14.1. The van der Waals surface area contributed by atoms with Gasteiger partial charge in [0, 0.05) is 45.1 Å². The molecule has 0 radical (unpaired) electrons. The van der Waals surface area contributed by atoms with Gasteiger partial charge in [0.2, 0.25) is 0 Å². The molecular formula is C19H22N4O2. The lowest BCUT2D eigenvalue weighted by atomic mass is 10.2. The molecule has 0 unspecified atom stereocenters. The van der Waals surface area contributed by atoms with Crippen LogP contribution in [0.4, 0.5) is 4.79 Å². The number of rotatable bonds is 3. The molecule has 2 heterocycles. The van der Waals surface area contributed by atoms with Crippen molar-refractivity contribution in [3.63, 3.8) is 0 Å². The number of hydrogen-bond acceptors (Lipinski definition) is 3. The molecule has 1 fully saturated rings. The predicted octanol–water partition coefficient (Wildman–Crippen LogP) is 2.14. The van der Waals surface area contributed by atoms with Gasteiger partial charge >= 0.3 is 6.03 Å². The van der Waals surface area contributed by atoms with Gasteiger partial charge < -0.3 is 15.1 Å². The Hall–Kier alpha value is -2.89. The molecule has 1 aromatic carbocycles. The fourth-order valence-electron chi connectivity index (χ4n) is 2.88. The van der Waals surface area contributed by atoms with Gasteiger partial charge in [-0.3, -0.25) is 9.78 Å². The lowest BCUT2D eigenvalue weighted by Crippen LogP contribution is -2.42. The van der Waals surface area contributed by atoms with Gasteiger partial charge in [-0.05, 0) is 24.1 Å². The van der Waals surface area contributed by atoms with E-state index in [-0.39, 0.29) is 11.9 Å². The molecule has 6 heteroatoms. The van der Waals surface area contributed by atoms with E-state index in [1.54, 1.807) is 34.3 Å². The van der Waals surface area contributed by atoms with Crippen LogP contribution in [0.25, 0.3) is 0 Å². The van der Waals surface area contributed by atoms with Crippen LogP contribution in [0.2, 0.25) is 0 Å². The molecule has 3 rings (SSSR count). The Morgan fingerprint density at radius 2 is 1.72 bits per heavy atom. The third-order valence-electron chi connectivity index (χ3n) is 4.27. The summed E-state index contributed by atoms with van der Waals surface area (Å²) in [7, 11) is 0. The van der Waals surface area contributed by atoms with E-state index in [1.165, 1.54) is 0 Å². The van der Waals surface area contributed by atoms with Crippen molar-refractivity contribution >= 4 is 11.9 Å². The first-order valence-electron chi connectivity index (χ1n) is 8.50. The summed E-state index contributed by atoms with van der Waals surface area (Å²) >= 11 is 0. The quantitative estimate of drug-likeness (QED) is 0.932. The van der Waals surface area contributed by atoms with Crippen molar-refractivity contribution in [2.45, 2.75) is 13.0 Å². The normalized spacial score (nSPS) is 14.7. The Kier molecular flexibility index (Phi) is 5.61. The summed E-state index contributed by atoms with van der Waals surface area (Å²) in [4.78, 5) is 32.4. The summed E-state index contributed by atoms with van der Waals surface area (Å²) in [5, 5.41) is 2.95. The van der Waals surface area contributed by atoms with Crippen LogP contribution < -0.4 is 5.32 Å². The molecule has 1 aliphatic rings. The van der Waals surface area contributed by atoms with Gasteiger partial charge in [0.1, 0.15) is 0 Å². The molecule has 6 nitrogen and oxygen atoms in total. The van der Waals surface area contributed by atoms with Crippen molar-refractivity contribution in [2.24, 2.45) is 0 Å². The molecule has 1 N–H and O–H groups in total. The van der Waals surface area contributed by atoms with Crippen LogP contribution in [0.1, 0.15) is 22.3 Å². The second-order valence-corrected chi connectivity index (χ2v) is 6.02. The third kappa shape index (κ3) is 4.56. The summed E-state index contributed by atoms with van der Waals surface area (Å²) in [5.74, 6) is -0.0281. The largest absolute Gasteiger partial charge is 0.337 e. The summed E-state index contributed by atoms with van der Waals surface area (Å²) < 4.78 is 0. The van der Waals surface area contributed by atoms with Crippen molar-refractivity contribution in [1.82, 2.24) is 20.1 Å². The van der Waals surface area contributed by atoms with E-state index in [4.69, 9.17) is 0 Å². The van der Waals surface area contributed by atoms with E-state index < -0.39 is 0 Å². The number of benzene rings is 1. The Morgan fingerprint density at radius 1 is 0.960 bits per heavy atom. The first-order chi connectivity index (χ1) is 12.2. The highest BCUT2D eigenvalue weighted by molar-refractivity contribution is 5.93. The Labute approximate surface area is 147 Å². The topological polar surface area (TPSA) is 65.5 Å². The SMILES string of the molecule is O=C(NCc1ccccc1)N1CCCN(C(=O)c2cccnc2)CC1. The van der Waals surface area contributed by atoms with Gasteiger partial charge in [0.05, 0.1) is 5.56 Å². The molecule has 0 bridgehead atoms. The number of nitrogens with one attached hydrogen (secondary N) is 1. The van der Waals surface area contributed by atoms with Gasteiger partial charge in [-0.2, -0.15) is 0 Å². The van der Waals surface area contributed by atoms with Crippen LogP contribution in [0.5, 0.6) is 0 Å². The summed E-state index contributed by atoms with van der Waals surface area (Å²) in [6, 6.07) is 13.3. The van der Waals surface area contributed by atoms with Crippen LogP contribution >= 0.6 is 0 Å². The third-order valence-corrected chi connectivity index (χ3v) is 4.27. The fraction of sp³-hybridized carbons (Fsp3) is 0.316. The van der Waals surface area contributed by atoms with Crippen molar-refractivity contribution in [1.29, 1.82) is 0 Å². The van der Waals surface area contributed by atoms with Gasteiger partial charge in [0.25, 0.3) is 5.91 Å². The van der Waals surface area contributed by atoms with E-state index in [0.29, 0.717) is 38.3 Å². The molecule has 1 saturated heterocycles. The number of nitrogens with zero attached hydrogens (tertiary/aromatic N) is 3. The maximum Gasteiger partial charge on any atom is 0.317 e. The van der Waals surface area contributed by atoms with E-state index in [1.807, 2.05) is 30.3 Å². The van der Waals surface area contributed by atoms with Gasteiger partial charge in [-0.1, -0.05) is 30.3 Å². The molecule has 1 aliphatic heterocycles. The molecular weight excluding hydrogens is 316 g/mol. The van der Waals surface area contributed by atoms with Gasteiger partial charge in [0.15, 0.2) is 0 Å². The zero-order chi connectivity index (χ0) is 17.5. The minimum absolute atomic E-state index is 0.0281. The Balaban J connectivity index is 1.52. The maximum absolute atomic E-state index is 12.5. The summed E-state index contributed by atoms with van der Waals surface area (Å²) in [6.07, 6.45) is 4.00. The number of carbonyl (C=O) groups is 2. The van der Waals surface area contributed by atoms with E-state index in [9.17, 15) is 9.59 Å². The number of amides is 3. The van der Waals surface area contributed by atoms with Crippen molar-refractivity contribution in [2.75, 3.05) is 26.2 Å². The average molecular weight is 338 g/mol. The Bertz CT molecular complexity index is 706. The monoisotopic (exact) mass is 338 g/mol. The number of urea groups is 1. The standard InChI is InChI=1S/C19H22N4O2/c24-18(17-8-4-9-20-15-17)22-10-5-11-23(13-12-22)19(25)21-14-16-6-2-1-3-7-16/h1-4,6-9,15H,5,10-14H2,(H,21,25). The zero-order valence-electron chi connectivity index (χ0n) is 14.1. The first kappa shape index (κ1) is 17.0. The lowest BCUT2D eigenvalue weighted by Gasteiger charge is -2.22.